The van der Waals surface area contributed by atoms with E-state index in [-0.39, 0.29) is 10.6 Å². The van der Waals surface area contributed by atoms with E-state index >= 15 is 0 Å². The third kappa shape index (κ3) is 3.46. The van der Waals surface area contributed by atoms with Crippen LogP contribution in [0.3, 0.4) is 0 Å². The molecule has 0 heterocycles. The molecule has 0 atom stereocenters. The van der Waals surface area contributed by atoms with E-state index in [1.54, 1.807) is 12.1 Å². The molecule has 1 saturated carbocycles. The summed E-state index contributed by atoms with van der Waals surface area (Å²) >= 11 is 0. The van der Waals surface area contributed by atoms with E-state index in [0.29, 0.717) is 11.7 Å². The van der Waals surface area contributed by atoms with Gasteiger partial charge in [-0.3, -0.25) is 10.1 Å². The number of nitrogens with zero attached hydrogens (tertiary/aromatic N) is 1. The summed E-state index contributed by atoms with van der Waals surface area (Å²) in [6.07, 6.45) is 5.94. The van der Waals surface area contributed by atoms with Crippen LogP contribution in [0.25, 0.3) is 0 Å². The zero-order valence-corrected chi connectivity index (χ0v) is 11.7. The highest BCUT2D eigenvalue weighted by atomic mass is 16.6. The summed E-state index contributed by atoms with van der Waals surface area (Å²) in [6.45, 7) is 4.20. The molecule has 1 fully saturated rings. The van der Waals surface area contributed by atoms with Crippen molar-refractivity contribution in [2.24, 2.45) is 5.92 Å². The summed E-state index contributed by atoms with van der Waals surface area (Å²) in [6, 6.07) is 5.64. The summed E-state index contributed by atoms with van der Waals surface area (Å²) in [5, 5.41) is 14.4. The summed E-state index contributed by atoms with van der Waals surface area (Å²) in [4.78, 5) is 10.7. The molecule has 0 saturated heterocycles. The van der Waals surface area contributed by atoms with Crippen LogP contribution in [0, 0.1) is 23.0 Å². The molecule has 2 rings (SSSR count). The Hall–Kier alpha value is -1.58. The van der Waals surface area contributed by atoms with Crippen molar-refractivity contribution in [3.63, 3.8) is 0 Å². The second-order valence-electron chi connectivity index (χ2n) is 5.55. The van der Waals surface area contributed by atoms with Gasteiger partial charge in [0, 0.05) is 12.1 Å². The van der Waals surface area contributed by atoms with E-state index in [2.05, 4.69) is 12.2 Å². The van der Waals surface area contributed by atoms with E-state index in [1.807, 2.05) is 13.0 Å². The zero-order chi connectivity index (χ0) is 13.8. The van der Waals surface area contributed by atoms with Crippen molar-refractivity contribution in [3.8, 4) is 0 Å². The Labute approximate surface area is 114 Å². The summed E-state index contributed by atoms with van der Waals surface area (Å²) in [7, 11) is 0. The normalized spacial score (nSPS) is 23.1. The molecule has 0 spiro atoms. The molecule has 4 heteroatoms. The van der Waals surface area contributed by atoms with E-state index < -0.39 is 0 Å². The lowest BCUT2D eigenvalue weighted by Crippen LogP contribution is -2.26. The molecule has 1 aliphatic carbocycles. The van der Waals surface area contributed by atoms with Gasteiger partial charge in [0.2, 0.25) is 0 Å². The van der Waals surface area contributed by atoms with Gasteiger partial charge in [-0.2, -0.15) is 0 Å². The van der Waals surface area contributed by atoms with Crippen molar-refractivity contribution in [1.29, 1.82) is 0 Å². The molecule has 1 aromatic rings. The number of nitro benzene ring substituents is 1. The molecule has 0 aromatic heterocycles. The van der Waals surface area contributed by atoms with Crippen LogP contribution in [-0.2, 0) is 0 Å². The fraction of sp³-hybridized carbons (Fsp3) is 0.600. The molecule has 1 N–H and O–H groups in total. The van der Waals surface area contributed by atoms with Crippen molar-refractivity contribution >= 4 is 11.4 Å². The summed E-state index contributed by atoms with van der Waals surface area (Å²) in [5.74, 6) is 0.838. The number of benzene rings is 1. The highest BCUT2D eigenvalue weighted by molar-refractivity contribution is 5.63. The SMILES string of the molecule is CCC1CCC(Nc2cc(C)ccc2[N+](=O)[O-])CC1. The Morgan fingerprint density at radius 1 is 1.32 bits per heavy atom. The first-order valence-electron chi connectivity index (χ1n) is 7.11. The molecule has 0 amide bonds. The lowest BCUT2D eigenvalue weighted by molar-refractivity contribution is -0.384. The number of rotatable bonds is 4. The molecule has 0 bridgehead atoms. The predicted octanol–water partition coefficient (Wildman–Crippen LogP) is 4.28. The Kier molecular flexibility index (Phi) is 4.40. The number of aryl methyl sites for hydroxylation is 1. The van der Waals surface area contributed by atoms with Crippen LogP contribution >= 0.6 is 0 Å². The maximum absolute atomic E-state index is 11.0. The number of anilines is 1. The average Bonchev–Trinajstić information content (AvgIpc) is 2.39. The molecular weight excluding hydrogens is 240 g/mol. The van der Waals surface area contributed by atoms with Crippen molar-refractivity contribution in [3.05, 3.63) is 33.9 Å². The van der Waals surface area contributed by atoms with Crippen molar-refractivity contribution in [2.75, 3.05) is 5.32 Å². The summed E-state index contributed by atoms with van der Waals surface area (Å²) in [5.41, 5.74) is 1.91. The largest absolute Gasteiger partial charge is 0.377 e. The lowest BCUT2D eigenvalue weighted by Gasteiger charge is -2.29. The molecule has 0 radical (unpaired) electrons. The van der Waals surface area contributed by atoms with Crippen LogP contribution in [0.15, 0.2) is 18.2 Å². The minimum Gasteiger partial charge on any atom is -0.377 e. The molecule has 0 aliphatic heterocycles. The van der Waals surface area contributed by atoms with Gasteiger partial charge in [-0.05, 0) is 50.2 Å². The predicted molar refractivity (Wildman–Crippen MR) is 77.5 cm³/mol. The second-order valence-corrected chi connectivity index (χ2v) is 5.55. The van der Waals surface area contributed by atoms with Crippen LogP contribution in [0.4, 0.5) is 11.4 Å². The second kappa shape index (κ2) is 6.04. The third-order valence-electron chi connectivity index (χ3n) is 4.13. The highest BCUT2D eigenvalue weighted by Gasteiger charge is 2.22. The van der Waals surface area contributed by atoms with Gasteiger partial charge < -0.3 is 5.32 Å². The molecule has 104 valence electrons. The first-order valence-corrected chi connectivity index (χ1v) is 7.11. The topological polar surface area (TPSA) is 55.2 Å². The standard InChI is InChI=1S/C15H22N2O2/c1-3-12-5-7-13(8-6-12)16-14-10-11(2)4-9-15(14)17(18)19/h4,9-10,12-13,16H,3,5-8H2,1-2H3. The van der Waals surface area contributed by atoms with Crippen molar-refractivity contribution in [2.45, 2.75) is 52.0 Å². The highest BCUT2D eigenvalue weighted by Crippen LogP contribution is 2.31. The maximum Gasteiger partial charge on any atom is 0.292 e. The lowest BCUT2D eigenvalue weighted by atomic mass is 9.84. The van der Waals surface area contributed by atoms with Gasteiger partial charge >= 0.3 is 0 Å². The van der Waals surface area contributed by atoms with Crippen LogP contribution < -0.4 is 5.32 Å². The van der Waals surface area contributed by atoms with Gasteiger partial charge in [0.25, 0.3) is 5.69 Å². The number of nitrogens with one attached hydrogen (secondary N) is 1. The van der Waals surface area contributed by atoms with Gasteiger partial charge in [0.1, 0.15) is 5.69 Å². The number of hydrogen-bond acceptors (Lipinski definition) is 3. The van der Waals surface area contributed by atoms with Gasteiger partial charge in [0.15, 0.2) is 0 Å². The van der Waals surface area contributed by atoms with Crippen LogP contribution in [0.2, 0.25) is 0 Å². The van der Waals surface area contributed by atoms with Crippen LogP contribution in [0.5, 0.6) is 0 Å². The fourth-order valence-corrected chi connectivity index (χ4v) is 2.86. The van der Waals surface area contributed by atoms with Crippen molar-refractivity contribution in [1.82, 2.24) is 0 Å². The van der Waals surface area contributed by atoms with Crippen molar-refractivity contribution < 1.29 is 4.92 Å². The average molecular weight is 262 g/mol. The van der Waals surface area contributed by atoms with Gasteiger partial charge in [-0.15, -0.1) is 0 Å². The van der Waals surface area contributed by atoms with E-state index in [9.17, 15) is 10.1 Å². The van der Waals surface area contributed by atoms with E-state index in [1.165, 1.54) is 19.3 Å². The monoisotopic (exact) mass is 262 g/mol. The van der Waals surface area contributed by atoms with Gasteiger partial charge in [-0.25, -0.2) is 0 Å². The first-order chi connectivity index (χ1) is 9.10. The Morgan fingerprint density at radius 3 is 2.58 bits per heavy atom. The van der Waals surface area contributed by atoms with E-state index in [4.69, 9.17) is 0 Å². The van der Waals surface area contributed by atoms with E-state index in [0.717, 1.165) is 24.3 Å². The molecule has 1 aliphatic rings. The molecule has 4 nitrogen and oxygen atoms in total. The fourth-order valence-electron chi connectivity index (χ4n) is 2.86. The maximum atomic E-state index is 11.0. The smallest absolute Gasteiger partial charge is 0.292 e. The Balaban J connectivity index is 2.06. The summed E-state index contributed by atoms with van der Waals surface area (Å²) < 4.78 is 0. The Bertz CT molecular complexity index is 451. The minimum absolute atomic E-state index is 0.184. The van der Waals surface area contributed by atoms with Crippen LogP contribution in [0.1, 0.15) is 44.6 Å². The number of hydrogen-bond donors (Lipinski definition) is 1. The Morgan fingerprint density at radius 2 is 2.00 bits per heavy atom. The quantitative estimate of drug-likeness (QED) is 0.650. The zero-order valence-electron chi connectivity index (χ0n) is 11.7. The third-order valence-corrected chi connectivity index (χ3v) is 4.13. The van der Waals surface area contributed by atoms with Gasteiger partial charge in [0.05, 0.1) is 4.92 Å². The van der Waals surface area contributed by atoms with Crippen LogP contribution in [-0.4, -0.2) is 11.0 Å². The molecule has 19 heavy (non-hydrogen) atoms. The first kappa shape index (κ1) is 13.8. The molecular formula is C15H22N2O2. The molecule has 0 unspecified atom stereocenters. The molecule has 1 aromatic carbocycles. The minimum atomic E-state index is -0.306. The number of nitro groups is 1. The van der Waals surface area contributed by atoms with Gasteiger partial charge in [-0.1, -0.05) is 19.4 Å².